The van der Waals surface area contributed by atoms with E-state index in [-0.39, 0.29) is 29.7 Å². The molecule has 3 heterocycles. The van der Waals surface area contributed by atoms with Gasteiger partial charge in [-0.1, -0.05) is 23.4 Å². The van der Waals surface area contributed by atoms with Crippen LogP contribution in [0.3, 0.4) is 0 Å². The maximum absolute atomic E-state index is 14.1. The van der Waals surface area contributed by atoms with Gasteiger partial charge in [0.25, 0.3) is 11.8 Å². The van der Waals surface area contributed by atoms with Crippen molar-refractivity contribution in [2.75, 3.05) is 6.54 Å². The number of halogens is 2. The van der Waals surface area contributed by atoms with Crippen molar-refractivity contribution in [1.82, 2.24) is 24.8 Å². The Kier molecular flexibility index (Phi) is 4.80. The number of fused-ring (bicyclic) bond motifs is 1. The minimum atomic E-state index is -0.454. The van der Waals surface area contributed by atoms with Gasteiger partial charge in [-0.2, -0.15) is 10.1 Å². The second-order valence-corrected chi connectivity index (χ2v) is 7.74. The average molecular weight is 435 g/mol. The van der Waals surface area contributed by atoms with Crippen LogP contribution >= 0.6 is 0 Å². The summed E-state index contributed by atoms with van der Waals surface area (Å²) in [6.07, 6.45) is 0.577. The van der Waals surface area contributed by atoms with E-state index < -0.39 is 11.6 Å². The third-order valence-electron chi connectivity index (χ3n) is 5.69. The zero-order chi connectivity index (χ0) is 22.4. The molecule has 0 unspecified atom stereocenters. The molecule has 4 aromatic rings. The largest absolute Gasteiger partial charge is 0.334 e. The zero-order valence-electron chi connectivity index (χ0n) is 17.5. The summed E-state index contributed by atoms with van der Waals surface area (Å²) in [4.78, 5) is 19.0. The molecule has 0 bridgehead atoms. The number of hydrogen-bond acceptors (Lipinski definition) is 5. The predicted molar refractivity (Wildman–Crippen MR) is 111 cm³/mol. The minimum absolute atomic E-state index is 0.122. The second-order valence-electron chi connectivity index (χ2n) is 7.74. The van der Waals surface area contributed by atoms with E-state index in [4.69, 9.17) is 4.52 Å². The van der Waals surface area contributed by atoms with Gasteiger partial charge in [0.2, 0.25) is 5.82 Å². The lowest BCUT2D eigenvalue weighted by Gasteiger charge is -2.27. The molecule has 2 aromatic carbocycles. The molecule has 1 amide bonds. The molecule has 0 spiro atoms. The first kappa shape index (κ1) is 20.0. The van der Waals surface area contributed by atoms with Gasteiger partial charge < -0.3 is 9.42 Å². The molecule has 0 atom stereocenters. The lowest BCUT2D eigenvalue weighted by Crippen LogP contribution is -2.36. The molecule has 0 N–H and O–H groups in total. The number of carbonyl (C=O) groups is 1. The van der Waals surface area contributed by atoms with Crippen LogP contribution in [0, 0.1) is 18.6 Å². The summed E-state index contributed by atoms with van der Waals surface area (Å²) in [5, 5.41) is 8.42. The van der Waals surface area contributed by atoms with Crippen LogP contribution in [-0.2, 0) is 20.0 Å². The van der Waals surface area contributed by atoms with Gasteiger partial charge in [-0.3, -0.25) is 9.48 Å². The third kappa shape index (κ3) is 3.35. The van der Waals surface area contributed by atoms with E-state index in [0.717, 1.165) is 11.3 Å². The highest BCUT2D eigenvalue weighted by atomic mass is 19.1. The van der Waals surface area contributed by atoms with E-state index in [9.17, 15) is 13.6 Å². The van der Waals surface area contributed by atoms with E-state index in [0.29, 0.717) is 29.8 Å². The number of carbonyl (C=O) groups excluding carboxylic acids is 1. The van der Waals surface area contributed by atoms with Gasteiger partial charge in [0.05, 0.1) is 12.1 Å². The van der Waals surface area contributed by atoms with E-state index in [1.54, 1.807) is 46.8 Å². The van der Waals surface area contributed by atoms with Gasteiger partial charge in [-0.05, 0) is 36.8 Å². The van der Waals surface area contributed by atoms with Crippen LogP contribution in [0.2, 0.25) is 0 Å². The van der Waals surface area contributed by atoms with Gasteiger partial charge in [-0.15, -0.1) is 0 Å². The summed E-state index contributed by atoms with van der Waals surface area (Å²) >= 11 is 0. The SMILES string of the molecule is Cc1ccc(C(=O)N2CCc3c(c(-c4nc(-c5ccccc5F)no4)nn3C)C2)cc1F. The number of hydrogen-bond donors (Lipinski definition) is 0. The molecule has 5 rings (SSSR count). The number of aromatic nitrogens is 4. The highest BCUT2D eigenvalue weighted by molar-refractivity contribution is 5.94. The van der Waals surface area contributed by atoms with Gasteiger partial charge in [-0.25, -0.2) is 8.78 Å². The Morgan fingerprint density at radius 3 is 2.72 bits per heavy atom. The van der Waals surface area contributed by atoms with Crippen LogP contribution < -0.4 is 0 Å². The Hall–Kier alpha value is -3.88. The van der Waals surface area contributed by atoms with Crippen LogP contribution in [-0.4, -0.2) is 37.3 Å². The van der Waals surface area contributed by atoms with Crippen LogP contribution in [0.15, 0.2) is 47.0 Å². The van der Waals surface area contributed by atoms with E-state index in [1.165, 1.54) is 12.1 Å². The molecule has 1 aliphatic rings. The van der Waals surface area contributed by atoms with E-state index in [1.807, 2.05) is 7.05 Å². The highest BCUT2D eigenvalue weighted by Crippen LogP contribution is 2.31. The van der Waals surface area contributed by atoms with Gasteiger partial charge in [0.15, 0.2) is 5.69 Å². The predicted octanol–water partition coefficient (Wildman–Crippen LogP) is 3.92. The molecule has 32 heavy (non-hydrogen) atoms. The minimum Gasteiger partial charge on any atom is -0.334 e. The van der Waals surface area contributed by atoms with Crippen molar-refractivity contribution in [1.29, 1.82) is 0 Å². The molecule has 0 fully saturated rings. The summed E-state index contributed by atoms with van der Waals surface area (Å²) in [6, 6.07) is 10.6. The summed E-state index contributed by atoms with van der Waals surface area (Å²) in [5.74, 6) is -0.860. The standard InChI is InChI=1S/C23H19F2N5O2/c1-13-7-8-14(11-18(13)25)23(31)30-10-9-19-16(12-30)20(27-29(19)2)22-26-21(28-32-22)15-5-3-4-6-17(15)24/h3-8,11H,9-10,12H2,1-2H3. The van der Waals surface area contributed by atoms with Crippen LogP contribution in [0.5, 0.6) is 0 Å². The first-order valence-electron chi connectivity index (χ1n) is 10.1. The summed E-state index contributed by atoms with van der Waals surface area (Å²) in [7, 11) is 1.81. The number of nitrogens with zero attached hydrogens (tertiary/aromatic N) is 5. The van der Waals surface area contributed by atoms with Crippen molar-refractivity contribution in [3.8, 4) is 23.0 Å². The molecule has 0 saturated carbocycles. The molecule has 1 aliphatic heterocycles. The molecule has 162 valence electrons. The Bertz CT molecular complexity index is 1340. The molecule has 0 saturated heterocycles. The van der Waals surface area contributed by atoms with Crippen LogP contribution in [0.4, 0.5) is 8.78 Å². The van der Waals surface area contributed by atoms with E-state index in [2.05, 4.69) is 15.2 Å². The Morgan fingerprint density at radius 2 is 1.94 bits per heavy atom. The second kappa shape index (κ2) is 7.67. The van der Waals surface area contributed by atoms with Crippen molar-refractivity contribution in [3.63, 3.8) is 0 Å². The smallest absolute Gasteiger partial charge is 0.279 e. The lowest BCUT2D eigenvalue weighted by atomic mass is 10.0. The maximum atomic E-state index is 14.1. The number of benzene rings is 2. The first-order chi connectivity index (χ1) is 15.4. The monoisotopic (exact) mass is 435 g/mol. The summed E-state index contributed by atoms with van der Waals surface area (Å²) in [5.41, 5.74) is 3.18. The molecule has 0 radical (unpaired) electrons. The third-order valence-corrected chi connectivity index (χ3v) is 5.69. The maximum Gasteiger partial charge on any atom is 0.279 e. The van der Waals surface area contributed by atoms with Crippen molar-refractivity contribution in [2.24, 2.45) is 7.05 Å². The quantitative estimate of drug-likeness (QED) is 0.488. The Balaban J connectivity index is 1.47. The molecular formula is C23H19F2N5O2. The fraction of sp³-hybridized carbons (Fsp3) is 0.217. The average Bonchev–Trinajstić information content (AvgIpc) is 3.40. The molecule has 0 aliphatic carbocycles. The number of amides is 1. The number of aryl methyl sites for hydroxylation is 2. The molecular weight excluding hydrogens is 416 g/mol. The molecule has 7 nitrogen and oxygen atoms in total. The van der Waals surface area contributed by atoms with Gasteiger partial charge >= 0.3 is 0 Å². The first-order valence-corrected chi connectivity index (χ1v) is 10.1. The van der Waals surface area contributed by atoms with Crippen molar-refractivity contribution >= 4 is 5.91 Å². The van der Waals surface area contributed by atoms with Crippen molar-refractivity contribution in [3.05, 3.63) is 76.5 Å². The van der Waals surface area contributed by atoms with E-state index >= 15 is 0 Å². The van der Waals surface area contributed by atoms with Crippen LogP contribution in [0.1, 0.15) is 27.2 Å². The molecule has 9 heteroatoms. The van der Waals surface area contributed by atoms with Gasteiger partial charge in [0.1, 0.15) is 11.6 Å². The normalized spacial score (nSPS) is 13.3. The summed E-state index contributed by atoms with van der Waals surface area (Å²) in [6.45, 7) is 2.40. The van der Waals surface area contributed by atoms with Crippen LogP contribution in [0.25, 0.3) is 23.0 Å². The Labute approximate surface area is 182 Å². The highest BCUT2D eigenvalue weighted by Gasteiger charge is 2.30. The van der Waals surface area contributed by atoms with Crippen molar-refractivity contribution < 1.29 is 18.1 Å². The van der Waals surface area contributed by atoms with Gasteiger partial charge in [0, 0.05) is 36.8 Å². The Morgan fingerprint density at radius 1 is 1.12 bits per heavy atom. The number of rotatable bonds is 3. The van der Waals surface area contributed by atoms with Crippen molar-refractivity contribution in [2.45, 2.75) is 19.9 Å². The molecule has 2 aromatic heterocycles. The topological polar surface area (TPSA) is 77.1 Å². The fourth-order valence-electron chi connectivity index (χ4n) is 3.92. The lowest BCUT2D eigenvalue weighted by molar-refractivity contribution is 0.0733. The zero-order valence-corrected chi connectivity index (χ0v) is 17.5. The summed E-state index contributed by atoms with van der Waals surface area (Å²) < 4.78 is 35.2. The fourth-order valence-corrected chi connectivity index (χ4v) is 3.92.